The van der Waals surface area contributed by atoms with Gasteiger partial charge in [-0.1, -0.05) is 0 Å². The van der Waals surface area contributed by atoms with Crippen molar-refractivity contribution in [2.24, 2.45) is 0 Å². The van der Waals surface area contributed by atoms with Crippen LogP contribution in [0, 0.1) is 11.3 Å². The summed E-state index contributed by atoms with van der Waals surface area (Å²) in [7, 11) is 0. The lowest BCUT2D eigenvalue weighted by Crippen LogP contribution is -2.45. The molecule has 1 atom stereocenters. The number of amides is 3. The van der Waals surface area contributed by atoms with Crippen LogP contribution in [0.5, 0.6) is 11.5 Å². The van der Waals surface area contributed by atoms with Gasteiger partial charge in [-0.05, 0) is 62.4 Å². The summed E-state index contributed by atoms with van der Waals surface area (Å²) >= 11 is 0. The van der Waals surface area contributed by atoms with E-state index in [4.69, 9.17) is 10.00 Å². The first-order valence-corrected chi connectivity index (χ1v) is 8.15. The van der Waals surface area contributed by atoms with Crippen LogP contribution in [0.4, 0.5) is 10.5 Å². The number of urea groups is 1. The minimum atomic E-state index is -0.581. The average molecular weight is 352 g/mol. The molecule has 2 rings (SSSR count). The molecule has 134 valence electrons. The van der Waals surface area contributed by atoms with Crippen LogP contribution in [0.3, 0.4) is 0 Å². The fourth-order valence-electron chi connectivity index (χ4n) is 2.09. The van der Waals surface area contributed by atoms with Gasteiger partial charge >= 0.3 is 6.03 Å². The second-order valence-electron chi connectivity index (χ2n) is 5.48. The highest BCUT2D eigenvalue weighted by atomic mass is 16.5. The minimum absolute atomic E-state index is 0.422. The molecule has 0 aliphatic rings. The Morgan fingerprint density at radius 2 is 1.65 bits per heavy atom. The van der Waals surface area contributed by atoms with E-state index in [9.17, 15) is 9.59 Å². The van der Waals surface area contributed by atoms with Gasteiger partial charge in [-0.15, -0.1) is 0 Å². The number of hydrogen-bond donors (Lipinski definition) is 3. The highest BCUT2D eigenvalue weighted by Crippen LogP contribution is 2.23. The van der Waals surface area contributed by atoms with E-state index in [0.29, 0.717) is 23.6 Å². The fraction of sp³-hybridized carbons (Fsp3) is 0.211. The summed E-state index contributed by atoms with van der Waals surface area (Å²) in [5, 5.41) is 16.6. The van der Waals surface area contributed by atoms with E-state index >= 15 is 0 Å². The van der Waals surface area contributed by atoms with Gasteiger partial charge in [0.1, 0.15) is 17.5 Å². The maximum Gasteiger partial charge on any atom is 0.321 e. The molecule has 0 aliphatic carbocycles. The zero-order valence-corrected chi connectivity index (χ0v) is 14.6. The third-order valence-electron chi connectivity index (χ3n) is 3.42. The Kier molecular flexibility index (Phi) is 6.57. The van der Waals surface area contributed by atoms with Crippen LogP contribution in [-0.2, 0) is 4.79 Å². The van der Waals surface area contributed by atoms with Crippen LogP contribution >= 0.6 is 0 Å². The molecule has 0 heterocycles. The van der Waals surface area contributed by atoms with E-state index < -0.39 is 18.0 Å². The molecule has 0 saturated heterocycles. The highest BCUT2D eigenvalue weighted by molar-refractivity contribution is 5.97. The summed E-state index contributed by atoms with van der Waals surface area (Å²) in [6.07, 6.45) is 0. The van der Waals surface area contributed by atoms with Crippen molar-refractivity contribution in [3.8, 4) is 17.6 Å². The third-order valence-corrected chi connectivity index (χ3v) is 3.42. The van der Waals surface area contributed by atoms with Crippen LogP contribution in [-0.4, -0.2) is 24.5 Å². The molecule has 2 aromatic rings. The van der Waals surface area contributed by atoms with Gasteiger partial charge < -0.3 is 15.4 Å². The molecule has 0 bridgehead atoms. The number of rotatable bonds is 6. The lowest BCUT2D eigenvalue weighted by molar-refractivity contribution is -0.120. The number of imide groups is 1. The highest BCUT2D eigenvalue weighted by Gasteiger charge is 2.15. The van der Waals surface area contributed by atoms with E-state index in [0.717, 1.165) is 5.69 Å². The van der Waals surface area contributed by atoms with Crippen LogP contribution < -0.4 is 20.7 Å². The Balaban J connectivity index is 1.91. The molecule has 0 aliphatic heterocycles. The summed E-state index contributed by atoms with van der Waals surface area (Å²) in [5.41, 5.74) is 1.28. The van der Waals surface area contributed by atoms with Crippen LogP contribution in [0.15, 0.2) is 48.5 Å². The first-order chi connectivity index (χ1) is 12.5. The SMILES string of the molecule is CCNC(=O)NC(=O)C(C)Nc1ccc(Oc2ccc(C#N)cc2)cc1. The number of anilines is 1. The molecule has 26 heavy (non-hydrogen) atoms. The Hall–Kier alpha value is -3.53. The zero-order valence-electron chi connectivity index (χ0n) is 14.6. The molecule has 3 N–H and O–H groups in total. The number of benzene rings is 2. The Morgan fingerprint density at radius 3 is 2.19 bits per heavy atom. The van der Waals surface area contributed by atoms with E-state index in [1.54, 1.807) is 62.4 Å². The van der Waals surface area contributed by atoms with Crippen molar-refractivity contribution in [2.45, 2.75) is 19.9 Å². The molecule has 7 nitrogen and oxygen atoms in total. The van der Waals surface area contributed by atoms with E-state index in [2.05, 4.69) is 16.0 Å². The van der Waals surface area contributed by atoms with Gasteiger partial charge in [0, 0.05) is 12.2 Å². The van der Waals surface area contributed by atoms with Crippen molar-refractivity contribution in [1.82, 2.24) is 10.6 Å². The quantitative estimate of drug-likeness (QED) is 0.741. The summed E-state index contributed by atoms with van der Waals surface area (Å²) in [6.45, 7) is 3.88. The molecular weight excluding hydrogens is 332 g/mol. The first kappa shape index (κ1) is 18.8. The molecule has 0 radical (unpaired) electrons. The van der Waals surface area contributed by atoms with Gasteiger partial charge in [-0.25, -0.2) is 4.79 Å². The second-order valence-corrected chi connectivity index (χ2v) is 5.48. The Morgan fingerprint density at radius 1 is 1.08 bits per heavy atom. The van der Waals surface area contributed by atoms with E-state index in [-0.39, 0.29) is 0 Å². The maximum absolute atomic E-state index is 11.9. The van der Waals surface area contributed by atoms with Gasteiger partial charge in [-0.3, -0.25) is 10.1 Å². The van der Waals surface area contributed by atoms with E-state index in [1.807, 2.05) is 6.07 Å². The van der Waals surface area contributed by atoms with Crippen molar-refractivity contribution in [2.75, 3.05) is 11.9 Å². The van der Waals surface area contributed by atoms with Crippen molar-refractivity contribution < 1.29 is 14.3 Å². The number of nitrogens with one attached hydrogen (secondary N) is 3. The first-order valence-electron chi connectivity index (χ1n) is 8.15. The Labute approximate surface area is 152 Å². The molecule has 0 spiro atoms. The number of carbonyl (C=O) groups is 2. The predicted molar refractivity (Wildman–Crippen MR) is 98.0 cm³/mol. The largest absolute Gasteiger partial charge is 0.457 e. The van der Waals surface area contributed by atoms with Crippen molar-refractivity contribution in [3.05, 3.63) is 54.1 Å². The number of ether oxygens (including phenoxy) is 1. The maximum atomic E-state index is 11.9. The summed E-state index contributed by atoms with van der Waals surface area (Å²) in [4.78, 5) is 23.3. The van der Waals surface area contributed by atoms with E-state index in [1.165, 1.54) is 0 Å². The molecule has 1 unspecified atom stereocenters. The molecular formula is C19H20N4O3. The zero-order chi connectivity index (χ0) is 18.9. The standard InChI is InChI=1S/C19H20N4O3/c1-3-21-19(25)23-18(24)13(2)22-15-6-10-17(11-7-15)26-16-8-4-14(12-20)5-9-16/h4-11,13,22H,3H2,1-2H3,(H2,21,23,24,25). The second kappa shape index (κ2) is 9.08. The normalized spacial score (nSPS) is 11.0. The molecule has 0 saturated carbocycles. The number of hydrogen-bond acceptors (Lipinski definition) is 5. The topological polar surface area (TPSA) is 103 Å². The lowest BCUT2D eigenvalue weighted by Gasteiger charge is -2.15. The number of carbonyl (C=O) groups excluding carboxylic acids is 2. The predicted octanol–water partition coefficient (Wildman–Crippen LogP) is 3.00. The Bertz CT molecular complexity index is 795. The van der Waals surface area contributed by atoms with Crippen molar-refractivity contribution in [1.29, 1.82) is 5.26 Å². The third kappa shape index (κ3) is 5.53. The molecule has 2 aromatic carbocycles. The summed E-state index contributed by atoms with van der Waals surface area (Å²) in [6, 6.07) is 14.8. The molecule has 0 aromatic heterocycles. The van der Waals surface area contributed by atoms with Crippen LogP contribution in [0.25, 0.3) is 0 Å². The van der Waals surface area contributed by atoms with Gasteiger partial charge in [0.25, 0.3) is 0 Å². The van der Waals surface area contributed by atoms with Crippen molar-refractivity contribution >= 4 is 17.6 Å². The van der Waals surface area contributed by atoms with Crippen LogP contribution in [0.2, 0.25) is 0 Å². The van der Waals surface area contributed by atoms with Gasteiger partial charge in [-0.2, -0.15) is 5.26 Å². The summed E-state index contributed by atoms with van der Waals surface area (Å²) in [5.74, 6) is 0.827. The number of nitrogens with zero attached hydrogens (tertiary/aromatic N) is 1. The number of nitriles is 1. The van der Waals surface area contributed by atoms with Gasteiger partial charge in [0.15, 0.2) is 0 Å². The summed E-state index contributed by atoms with van der Waals surface area (Å²) < 4.78 is 5.70. The van der Waals surface area contributed by atoms with Crippen molar-refractivity contribution in [3.63, 3.8) is 0 Å². The lowest BCUT2D eigenvalue weighted by atomic mass is 10.2. The molecule has 0 fully saturated rings. The molecule has 3 amide bonds. The average Bonchev–Trinajstić information content (AvgIpc) is 2.64. The van der Waals surface area contributed by atoms with Gasteiger partial charge in [0.2, 0.25) is 5.91 Å². The van der Waals surface area contributed by atoms with Gasteiger partial charge in [0.05, 0.1) is 11.6 Å². The van der Waals surface area contributed by atoms with Crippen LogP contribution in [0.1, 0.15) is 19.4 Å². The fourth-order valence-corrected chi connectivity index (χ4v) is 2.09. The monoisotopic (exact) mass is 352 g/mol. The minimum Gasteiger partial charge on any atom is -0.457 e. The molecule has 7 heteroatoms. The smallest absolute Gasteiger partial charge is 0.321 e.